The molecule has 0 bridgehead atoms. The molecule has 0 N–H and O–H groups in total. The van der Waals surface area contributed by atoms with Crippen LogP contribution in [-0.2, 0) is 14.9 Å². The zero-order valence-electron chi connectivity index (χ0n) is 9.21. The molecule has 15 heavy (non-hydrogen) atoms. The molecule has 0 radical (unpaired) electrons. The molecule has 82 valence electrons. The van der Waals surface area contributed by atoms with Gasteiger partial charge in [-0.05, 0) is 61.1 Å². The first-order valence-electron chi connectivity index (χ1n) is 4.91. The van der Waals surface area contributed by atoms with Gasteiger partial charge in [0.1, 0.15) is 0 Å². The summed E-state index contributed by atoms with van der Waals surface area (Å²) >= 11 is 2.24. The van der Waals surface area contributed by atoms with Crippen LogP contribution >= 0.6 is 22.6 Å². The number of hydrogen-bond donors (Lipinski definition) is 0. The average molecular weight is 318 g/mol. The summed E-state index contributed by atoms with van der Waals surface area (Å²) in [7, 11) is 0. The van der Waals surface area contributed by atoms with Crippen molar-refractivity contribution < 1.29 is 9.53 Å². The second-order valence-electron chi connectivity index (χ2n) is 3.86. The van der Waals surface area contributed by atoms with Crippen LogP contribution in [0.2, 0.25) is 0 Å². The Labute approximate surface area is 104 Å². The van der Waals surface area contributed by atoms with Gasteiger partial charge in [-0.2, -0.15) is 0 Å². The standard InChI is InChI=1S/C12H15IO2/c1-4-15-11(14)12(2,3)9-6-5-7-10(13)8-9/h5-8H,4H2,1-3H3. The molecule has 1 rings (SSSR count). The molecular weight excluding hydrogens is 303 g/mol. The lowest BCUT2D eigenvalue weighted by Crippen LogP contribution is -2.31. The van der Waals surface area contributed by atoms with Crippen LogP contribution in [0.4, 0.5) is 0 Å². The molecule has 0 unspecified atom stereocenters. The topological polar surface area (TPSA) is 26.3 Å². The van der Waals surface area contributed by atoms with Gasteiger partial charge in [-0.3, -0.25) is 4.79 Å². The SMILES string of the molecule is CCOC(=O)C(C)(C)c1cccc(I)c1. The quantitative estimate of drug-likeness (QED) is 0.632. The van der Waals surface area contributed by atoms with Crippen molar-refractivity contribution in [3.63, 3.8) is 0 Å². The van der Waals surface area contributed by atoms with Crippen molar-refractivity contribution in [3.05, 3.63) is 33.4 Å². The maximum atomic E-state index is 11.8. The molecule has 1 aromatic carbocycles. The van der Waals surface area contributed by atoms with Gasteiger partial charge in [-0.15, -0.1) is 0 Å². The maximum absolute atomic E-state index is 11.8. The minimum Gasteiger partial charge on any atom is -0.465 e. The number of benzene rings is 1. The van der Waals surface area contributed by atoms with Crippen molar-refractivity contribution in [3.8, 4) is 0 Å². The second kappa shape index (κ2) is 4.96. The number of rotatable bonds is 3. The largest absolute Gasteiger partial charge is 0.465 e. The van der Waals surface area contributed by atoms with E-state index in [0.29, 0.717) is 6.61 Å². The number of halogens is 1. The number of hydrogen-bond acceptors (Lipinski definition) is 2. The van der Waals surface area contributed by atoms with Crippen LogP contribution in [0.25, 0.3) is 0 Å². The summed E-state index contributed by atoms with van der Waals surface area (Å²) in [6, 6.07) is 7.93. The molecule has 0 fully saturated rings. The molecule has 0 aliphatic heterocycles. The minimum atomic E-state index is -0.572. The predicted octanol–water partition coefficient (Wildman–Crippen LogP) is 3.13. The zero-order chi connectivity index (χ0) is 11.5. The van der Waals surface area contributed by atoms with E-state index >= 15 is 0 Å². The lowest BCUT2D eigenvalue weighted by Gasteiger charge is -2.22. The Morgan fingerprint density at radius 1 is 1.47 bits per heavy atom. The summed E-state index contributed by atoms with van der Waals surface area (Å²) in [4.78, 5) is 11.8. The Bertz CT molecular complexity index is 358. The van der Waals surface area contributed by atoms with Gasteiger partial charge in [0, 0.05) is 3.57 Å². The van der Waals surface area contributed by atoms with Crippen molar-refractivity contribution in [2.45, 2.75) is 26.2 Å². The highest BCUT2D eigenvalue weighted by atomic mass is 127. The molecule has 0 aromatic heterocycles. The van der Waals surface area contributed by atoms with E-state index in [-0.39, 0.29) is 5.97 Å². The highest BCUT2D eigenvalue weighted by molar-refractivity contribution is 14.1. The molecular formula is C12H15IO2. The van der Waals surface area contributed by atoms with Gasteiger partial charge in [0.15, 0.2) is 0 Å². The van der Waals surface area contributed by atoms with Crippen LogP contribution in [0.3, 0.4) is 0 Å². The van der Waals surface area contributed by atoms with E-state index in [1.807, 2.05) is 45.0 Å². The monoisotopic (exact) mass is 318 g/mol. The number of carbonyl (C=O) groups is 1. The average Bonchev–Trinajstić information content (AvgIpc) is 2.18. The first-order valence-corrected chi connectivity index (χ1v) is 5.99. The molecule has 0 aliphatic rings. The van der Waals surface area contributed by atoms with Gasteiger partial charge in [0.2, 0.25) is 0 Å². The van der Waals surface area contributed by atoms with Gasteiger partial charge in [0.25, 0.3) is 0 Å². The van der Waals surface area contributed by atoms with Crippen molar-refractivity contribution in [1.82, 2.24) is 0 Å². The van der Waals surface area contributed by atoms with Crippen molar-refractivity contribution in [2.75, 3.05) is 6.61 Å². The van der Waals surface area contributed by atoms with Crippen LogP contribution in [-0.4, -0.2) is 12.6 Å². The molecule has 2 nitrogen and oxygen atoms in total. The molecule has 0 saturated carbocycles. The number of ether oxygens (including phenoxy) is 1. The van der Waals surface area contributed by atoms with Crippen molar-refractivity contribution in [2.24, 2.45) is 0 Å². The highest BCUT2D eigenvalue weighted by Crippen LogP contribution is 2.25. The van der Waals surface area contributed by atoms with E-state index in [1.54, 1.807) is 0 Å². The lowest BCUT2D eigenvalue weighted by atomic mass is 9.85. The third-order valence-electron chi connectivity index (χ3n) is 2.33. The molecule has 3 heteroatoms. The fourth-order valence-corrected chi connectivity index (χ4v) is 1.85. The molecule has 1 aromatic rings. The van der Waals surface area contributed by atoms with Crippen LogP contribution < -0.4 is 0 Å². The zero-order valence-corrected chi connectivity index (χ0v) is 11.4. The Balaban J connectivity index is 2.99. The fraction of sp³-hybridized carbons (Fsp3) is 0.417. The molecule has 0 atom stereocenters. The van der Waals surface area contributed by atoms with E-state index in [0.717, 1.165) is 9.13 Å². The first-order chi connectivity index (χ1) is 6.98. The third-order valence-corrected chi connectivity index (χ3v) is 3.00. The minimum absolute atomic E-state index is 0.174. The molecule has 0 saturated heterocycles. The number of carbonyl (C=O) groups excluding carboxylic acids is 1. The molecule has 0 amide bonds. The Morgan fingerprint density at radius 2 is 2.13 bits per heavy atom. The molecule has 0 spiro atoms. The van der Waals surface area contributed by atoms with Crippen LogP contribution in [0.15, 0.2) is 24.3 Å². The van der Waals surface area contributed by atoms with Gasteiger partial charge in [-0.1, -0.05) is 12.1 Å². The summed E-state index contributed by atoms with van der Waals surface area (Å²) in [5.41, 5.74) is 0.421. The van der Waals surface area contributed by atoms with Gasteiger partial charge < -0.3 is 4.74 Å². The van der Waals surface area contributed by atoms with Crippen LogP contribution in [0.5, 0.6) is 0 Å². The summed E-state index contributed by atoms with van der Waals surface area (Å²) in [6.45, 7) is 6.02. The fourth-order valence-electron chi connectivity index (χ4n) is 1.31. The van der Waals surface area contributed by atoms with E-state index in [2.05, 4.69) is 22.6 Å². The van der Waals surface area contributed by atoms with Crippen molar-refractivity contribution in [1.29, 1.82) is 0 Å². The number of esters is 1. The van der Waals surface area contributed by atoms with Crippen LogP contribution in [0, 0.1) is 3.57 Å². The van der Waals surface area contributed by atoms with Gasteiger partial charge in [0.05, 0.1) is 12.0 Å². The predicted molar refractivity (Wildman–Crippen MR) is 68.8 cm³/mol. The van der Waals surface area contributed by atoms with Gasteiger partial charge in [-0.25, -0.2) is 0 Å². The van der Waals surface area contributed by atoms with Crippen LogP contribution in [0.1, 0.15) is 26.3 Å². The summed E-state index contributed by atoms with van der Waals surface area (Å²) in [6.07, 6.45) is 0. The van der Waals surface area contributed by atoms with Gasteiger partial charge >= 0.3 is 5.97 Å². The van der Waals surface area contributed by atoms with Crippen molar-refractivity contribution >= 4 is 28.6 Å². The van der Waals surface area contributed by atoms with E-state index in [4.69, 9.17) is 4.74 Å². The molecule has 0 aliphatic carbocycles. The Kier molecular flexibility index (Phi) is 4.13. The third kappa shape index (κ3) is 2.93. The smallest absolute Gasteiger partial charge is 0.315 e. The van der Waals surface area contributed by atoms with E-state index in [9.17, 15) is 4.79 Å². The molecule has 0 heterocycles. The first kappa shape index (κ1) is 12.5. The normalized spacial score (nSPS) is 11.2. The summed E-state index contributed by atoms with van der Waals surface area (Å²) in [5, 5.41) is 0. The van der Waals surface area contributed by atoms with E-state index in [1.165, 1.54) is 0 Å². The van der Waals surface area contributed by atoms with E-state index < -0.39 is 5.41 Å². The Hall–Kier alpha value is -0.580. The Morgan fingerprint density at radius 3 is 2.67 bits per heavy atom. The summed E-state index contributed by atoms with van der Waals surface area (Å²) in [5.74, 6) is -0.174. The lowest BCUT2D eigenvalue weighted by molar-refractivity contribution is -0.148. The maximum Gasteiger partial charge on any atom is 0.315 e. The summed E-state index contributed by atoms with van der Waals surface area (Å²) < 4.78 is 6.19. The second-order valence-corrected chi connectivity index (χ2v) is 5.10. The highest BCUT2D eigenvalue weighted by Gasteiger charge is 2.31.